The molecule has 1 aromatic carbocycles. The Kier molecular flexibility index (Phi) is 3.99. The lowest BCUT2D eigenvalue weighted by Gasteiger charge is -2.38. The summed E-state index contributed by atoms with van der Waals surface area (Å²) in [7, 11) is 2.14. The van der Waals surface area contributed by atoms with Gasteiger partial charge in [-0.05, 0) is 31.7 Å². The molecular formula is C14H20N2O2. The second-order valence-corrected chi connectivity index (χ2v) is 5.09. The molecule has 1 aliphatic heterocycles. The zero-order valence-corrected chi connectivity index (χ0v) is 11.0. The van der Waals surface area contributed by atoms with Crippen LogP contribution in [0.25, 0.3) is 0 Å². The number of benzene rings is 1. The van der Waals surface area contributed by atoms with Gasteiger partial charge in [-0.1, -0.05) is 12.1 Å². The van der Waals surface area contributed by atoms with Crippen LogP contribution in [-0.4, -0.2) is 53.6 Å². The number of piperazine rings is 1. The second-order valence-electron chi connectivity index (χ2n) is 5.09. The van der Waals surface area contributed by atoms with Crippen LogP contribution in [0.4, 0.5) is 0 Å². The molecule has 0 amide bonds. The SMILES string of the molecule is CC1CN(C)CCN1Cc1cccc(C(=O)O)c1. The lowest BCUT2D eigenvalue weighted by molar-refractivity contribution is 0.0696. The van der Waals surface area contributed by atoms with E-state index in [1.165, 1.54) is 0 Å². The molecule has 1 aromatic rings. The van der Waals surface area contributed by atoms with Crippen LogP contribution in [0.2, 0.25) is 0 Å². The highest BCUT2D eigenvalue weighted by molar-refractivity contribution is 5.87. The molecule has 0 saturated carbocycles. The Bertz CT molecular complexity index is 434. The molecule has 98 valence electrons. The molecule has 1 saturated heterocycles. The Morgan fingerprint density at radius 2 is 2.22 bits per heavy atom. The maximum Gasteiger partial charge on any atom is 0.335 e. The summed E-state index contributed by atoms with van der Waals surface area (Å²) in [4.78, 5) is 15.7. The molecule has 18 heavy (non-hydrogen) atoms. The van der Waals surface area contributed by atoms with Crippen molar-refractivity contribution in [3.05, 3.63) is 35.4 Å². The van der Waals surface area contributed by atoms with Crippen molar-refractivity contribution < 1.29 is 9.90 Å². The third-order valence-corrected chi connectivity index (χ3v) is 3.53. The summed E-state index contributed by atoms with van der Waals surface area (Å²) in [5, 5.41) is 8.98. The average Bonchev–Trinajstić information content (AvgIpc) is 2.33. The van der Waals surface area contributed by atoms with Crippen LogP contribution in [-0.2, 0) is 6.54 Å². The Morgan fingerprint density at radius 1 is 1.44 bits per heavy atom. The van der Waals surface area contributed by atoms with Crippen molar-refractivity contribution in [2.45, 2.75) is 19.5 Å². The smallest absolute Gasteiger partial charge is 0.335 e. The minimum absolute atomic E-state index is 0.370. The van der Waals surface area contributed by atoms with Gasteiger partial charge in [-0.25, -0.2) is 4.79 Å². The summed E-state index contributed by atoms with van der Waals surface area (Å²) < 4.78 is 0. The normalized spacial score (nSPS) is 22.0. The van der Waals surface area contributed by atoms with E-state index in [1.807, 2.05) is 12.1 Å². The first-order chi connectivity index (χ1) is 8.56. The van der Waals surface area contributed by atoms with Crippen molar-refractivity contribution in [1.82, 2.24) is 9.80 Å². The summed E-state index contributed by atoms with van der Waals surface area (Å²) in [6, 6.07) is 7.74. The zero-order valence-electron chi connectivity index (χ0n) is 11.0. The van der Waals surface area contributed by atoms with Gasteiger partial charge in [0.25, 0.3) is 0 Å². The molecule has 1 fully saturated rings. The number of carboxylic acids is 1. The van der Waals surface area contributed by atoms with E-state index < -0.39 is 5.97 Å². The van der Waals surface area contributed by atoms with E-state index in [0.29, 0.717) is 11.6 Å². The van der Waals surface area contributed by atoms with Gasteiger partial charge in [-0.2, -0.15) is 0 Å². The number of aromatic carboxylic acids is 1. The lowest BCUT2D eigenvalue weighted by atomic mass is 10.1. The van der Waals surface area contributed by atoms with Crippen LogP contribution in [0.5, 0.6) is 0 Å². The van der Waals surface area contributed by atoms with Gasteiger partial charge in [0.15, 0.2) is 0 Å². The van der Waals surface area contributed by atoms with Crippen molar-refractivity contribution in [1.29, 1.82) is 0 Å². The first kappa shape index (κ1) is 13.1. The number of nitrogens with zero attached hydrogens (tertiary/aromatic N) is 2. The highest BCUT2D eigenvalue weighted by Gasteiger charge is 2.21. The fourth-order valence-electron chi connectivity index (χ4n) is 2.45. The fraction of sp³-hybridized carbons (Fsp3) is 0.500. The highest BCUT2D eigenvalue weighted by atomic mass is 16.4. The predicted molar refractivity (Wildman–Crippen MR) is 70.8 cm³/mol. The average molecular weight is 248 g/mol. The molecule has 4 nitrogen and oxygen atoms in total. The molecule has 0 aliphatic carbocycles. The van der Waals surface area contributed by atoms with Gasteiger partial charge in [-0.15, -0.1) is 0 Å². The van der Waals surface area contributed by atoms with Gasteiger partial charge >= 0.3 is 5.97 Å². The molecule has 2 rings (SSSR count). The van der Waals surface area contributed by atoms with Crippen molar-refractivity contribution in [2.24, 2.45) is 0 Å². The van der Waals surface area contributed by atoms with Crippen LogP contribution in [0.3, 0.4) is 0 Å². The van der Waals surface area contributed by atoms with Gasteiger partial charge in [0.05, 0.1) is 5.56 Å². The van der Waals surface area contributed by atoms with Crippen molar-refractivity contribution >= 4 is 5.97 Å². The maximum atomic E-state index is 10.9. The molecule has 0 aromatic heterocycles. The fourth-order valence-corrected chi connectivity index (χ4v) is 2.45. The third kappa shape index (κ3) is 3.09. The summed E-state index contributed by atoms with van der Waals surface area (Å²) in [6.45, 7) is 6.23. The van der Waals surface area contributed by atoms with Crippen LogP contribution in [0.1, 0.15) is 22.8 Å². The molecule has 1 unspecified atom stereocenters. The standard InChI is InChI=1S/C14H20N2O2/c1-11-9-15(2)6-7-16(11)10-12-4-3-5-13(8-12)14(17)18/h3-5,8,11H,6-7,9-10H2,1-2H3,(H,17,18). The first-order valence-corrected chi connectivity index (χ1v) is 6.31. The third-order valence-electron chi connectivity index (χ3n) is 3.53. The Labute approximate surface area is 108 Å². The van der Waals surface area contributed by atoms with Gasteiger partial charge in [0, 0.05) is 32.2 Å². The predicted octanol–water partition coefficient (Wildman–Crippen LogP) is 1.52. The van der Waals surface area contributed by atoms with Gasteiger partial charge in [0.2, 0.25) is 0 Å². The quantitative estimate of drug-likeness (QED) is 0.881. The van der Waals surface area contributed by atoms with E-state index in [-0.39, 0.29) is 0 Å². The lowest BCUT2D eigenvalue weighted by Crippen LogP contribution is -2.49. The monoisotopic (exact) mass is 248 g/mol. The minimum Gasteiger partial charge on any atom is -0.478 e. The summed E-state index contributed by atoms with van der Waals surface area (Å²) >= 11 is 0. The van der Waals surface area contributed by atoms with Crippen molar-refractivity contribution in [2.75, 3.05) is 26.7 Å². The molecule has 0 bridgehead atoms. The van der Waals surface area contributed by atoms with E-state index >= 15 is 0 Å². The Morgan fingerprint density at radius 3 is 2.89 bits per heavy atom. The summed E-state index contributed by atoms with van der Waals surface area (Å²) in [6.07, 6.45) is 0. The Hall–Kier alpha value is -1.39. The van der Waals surface area contributed by atoms with Crippen LogP contribution < -0.4 is 0 Å². The van der Waals surface area contributed by atoms with E-state index in [4.69, 9.17) is 5.11 Å². The highest BCUT2D eigenvalue weighted by Crippen LogP contribution is 2.14. The molecule has 4 heteroatoms. The topological polar surface area (TPSA) is 43.8 Å². The van der Waals surface area contributed by atoms with Crippen LogP contribution >= 0.6 is 0 Å². The summed E-state index contributed by atoms with van der Waals surface area (Å²) in [5.74, 6) is -0.858. The molecule has 1 heterocycles. The number of carbonyl (C=O) groups is 1. The van der Waals surface area contributed by atoms with E-state index in [0.717, 1.165) is 31.7 Å². The van der Waals surface area contributed by atoms with Crippen LogP contribution in [0.15, 0.2) is 24.3 Å². The van der Waals surface area contributed by atoms with Gasteiger partial charge in [0.1, 0.15) is 0 Å². The number of hydrogen-bond donors (Lipinski definition) is 1. The van der Waals surface area contributed by atoms with E-state index in [9.17, 15) is 4.79 Å². The molecular weight excluding hydrogens is 228 g/mol. The minimum atomic E-state index is -0.858. The van der Waals surface area contributed by atoms with Crippen molar-refractivity contribution in [3.63, 3.8) is 0 Å². The first-order valence-electron chi connectivity index (χ1n) is 6.31. The van der Waals surface area contributed by atoms with Crippen LogP contribution in [0, 0.1) is 0 Å². The largest absolute Gasteiger partial charge is 0.478 e. The molecule has 1 atom stereocenters. The van der Waals surface area contributed by atoms with Gasteiger partial charge in [-0.3, -0.25) is 4.90 Å². The maximum absolute atomic E-state index is 10.9. The van der Waals surface area contributed by atoms with E-state index in [1.54, 1.807) is 12.1 Å². The molecule has 0 spiro atoms. The molecule has 1 N–H and O–H groups in total. The number of carboxylic acid groups (broad SMARTS) is 1. The number of rotatable bonds is 3. The molecule has 0 radical (unpaired) electrons. The van der Waals surface area contributed by atoms with Gasteiger partial charge < -0.3 is 10.0 Å². The van der Waals surface area contributed by atoms with E-state index in [2.05, 4.69) is 23.8 Å². The zero-order chi connectivity index (χ0) is 13.1. The number of likely N-dealkylation sites (N-methyl/N-ethyl adjacent to an activating group) is 1. The Balaban J connectivity index is 2.05. The van der Waals surface area contributed by atoms with Crippen molar-refractivity contribution in [3.8, 4) is 0 Å². The molecule has 1 aliphatic rings. The number of hydrogen-bond acceptors (Lipinski definition) is 3. The second kappa shape index (κ2) is 5.50. The summed E-state index contributed by atoms with van der Waals surface area (Å²) in [5.41, 5.74) is 1.44.